The predicted molar refractivity (Wildman–Crippen MR) is 234 cm³/mol. The van der Waals surface area contributed by atoms with Crippen molar-refractivity contribution in [2.75, 3.05) is 18.5 Å². The molecule has 51 heavy (non-hydrogen) atoms. The average molecular weight is 802 g/mol. The molecule has 3 nitrogen and oxygen atoms in total. The van der Waals surface area contributed by atoms with Crippen LogP contribution in [-0.2, 0) is 13.6 Å². The standard InChI is InChI=1S/C46H93BrO3Si/c1-9-10-11-12-13-14-15-16-17-18-19-20-21-22-25-37-46(50-51(7,8)49-40-27-24-23-26-39-47)48-41-38-45(6)36-30-35-44(5)34-29-33-43(4)32-28-31-42(2)3/h16-17,42-46H,9-15,18-41H2,1-8H3/b17-16-. The summed E-state index contributed by atoms with van der Waals surface area (Å²) in [5, 5.41) is 1.10. The van der Waals surface area contributed by atoms with E-state index in [1.54, 1.807) is 0 Å². The Morgan fingerprint density at radius 2 is 0.961 bits per heavy atom. The van der Waals surface area contributed by atoms with Gasteiger partial charge in [0.1, 0.15) is 6.29 Å². The summed E-state index contributed by atoms with van der Waals surface area (Å²) >= 11 is 3.54. The number of unbranched alkanes of at least 4 members (excludes halogenated alkanes) is 14. The third kappa shape index (κ3) is 38.4. The monoisotopic (exact) mass is 801 g/mol. The summed E-state index contributed by atoms with van der Waals surface area (Å²) in [5.41, 5.74) is 0. The van der Waals surface area contributed by atoms with Gasteiger partial charge in [0.05, 0.1) is 0 Å². The zero-order valence-electron chi connectivity index (χ0n) is 36.1. The molecule has 306 valence electrons. The largest absolute Gasteiger partial charge is 0.394 e. The average Bonchev–Trinajstić information content (AvgIpc) is 3.07. The van der Waals surface area contributed by atoms with Crippen LogP contribution in [0.2, 0.25) is 13.1 Å². The second-order valence-electron chi connectivity index (χ2n) is 17.4. The van der Waals surface area contributed by atoms with E-state index in [4.69, 9.17) is 13.6 Å². The van der Waals surface area contributed by atoms with E-state index < -0.39 is 8.56 Å². The first-order chi connectivity index (χ1) is 24.6. The molecule has 4 unspecified atom stereocenters. The van der Waals surface area contributed by atoms with Gasteiger partial charge in [0, 0.05) is 18.5 Å². The van der Waals surface area contributed by atoms with Gasteiger partial charge in [-0.25, -0.2) is 0 Å². The molecule has 0 aromatic carbocycles. The lowest BCUT2D eigenvalue weighted by molar-refractivity contribution is -0.106. The van der Waals surface area contributed by atoms with Gasteiger partial charge >= 0.3 is 8.56 Å². The second-order valence-corrected chi connectivity index (χ2v) is 21.6. The summed E-state index contributed by atoms with van der Waals surface area (Å²) in [6.45, 7) is 20.4. The summed E-state index contributed by atoms with van der Waals surface area (Å²) in [5.74, 6) is 3.32. The molecule has 0 aliphatic carbocycles. The lowest BCUT2D eigenvalue weighted by Crippen LogP contribution is -2.40. The minimum atomic E-state index is -2.23. The van der Waals surface area contributed by atoms with E-state index >= 15 is 0 Å². The Bertz CT molecular complexity index is 729. The third-order valence-electron chi connectivity index (χ3n) is 10.8. The molecule has 0 heterocycles. The molecule has 0 aliphatic rings. The second kappa shape index (κ2) is 37.3. The zero-order chi connectivity index (χ0) is 37.8. The number of alkyl halides is 1. The number of allylic oxidation sites excluding steroid dienone is 2. The number of hydrogen-bond donors (Lipinski definition) is 0. The van der Waals surface area contributed by atoms with E-state index in [0.29, 0.717) is 5.92 Å². The van der Waals surface area contributed by atoms with Crippen LogP contribution in [0.1, 0.15) is 221 Å². The molecule has 0 spiro atoms. The van der Waals surface area contributed by atoms with Gasteiger partial charge in [0.15, 0.2) is 0 Å². The van der Waals surface area contributed by atoms with Crippen molar-refractivity contribution < 1.29 is 13.6 Å². The molecule has 0 N–H and O–H groups in total. The van der Waals surface area contributed by atoms with Crippen LogP contribution in [0.4, 0.5) is 0 Å². The molecule has 0 aromatic rings. The highest BCUT2D eigenvalue weighted by molar-refractivity contribution is 9.09. The molecule has 5 heteroatoms. The van der Waals surface area contributed by atoms with Crippen LogP contribution >= 0.6 is 15.9 Å². The molecule has 0 fully saturated rings. The summed E-state index contributed by atoms with van der Waals surface area (Å²) in [4.78, 5) is 0. The van der Waals surface area contributed by atoms with Crippen LogP contribution in [0.15, 0.2) is 12.2 Å². The molecule has 0 rings (SSSR count). The smallest absolute Gasteiger partial charge is 0.333 e. The Labute approximate surface area is 331 Å². The van der Waals surface area contributed by atoms with Crippen molar-refractivity contribution in [3.63, 3.8) is 0 Å². The first-order valence-electron chi connectivity index (χ1n) is 22.7. The lowest BCUT2D eigenvalue weighted by atomic mass is 9.91. The highest BCUT2D eigenvalue weighted by atomic mass is 79.9. The SMILES string of the molecule is CCCCCCCC/C=C\CCCCCCCC(OCCC(C)CCCC(C)CCCC(C)CCCC(C)C)O[Si](C)(C)OCCCCCCBr. The molecule has 0 radical (unpaired) electrons. The van der Waals surface area contributed by atoms with Crippen LogP contribution in [0.3, 0.4) is 0 Å². The van der Waals surface area contributed by atoms with E-state index in [1.807, 2.05) is 0 Å². The van der Waals surface area contributed by atoms with Gasteiger partial charge in [-0.05, 0) is 94.6 Å². The van der Waals surface area contributed by atoms with Crippen LogP contribution in [0.5, 0.6) is 0 Å². The van der Waals surface area contributed by atoms with Crippen molar-refractivity contribution in [2.24, 2.45) is 23.7 Å². The summed E-state index contributed by atoms with van der Waals surface area (Å²) < 4.78 is 19.5. The molecule has 0 aliphatic heterocycles. The molecule has 0 aromatic heterocycles. The van der Waals surface area contributed by atoms with Gasteiger partial charge in [-0.1, -0.05) is 192 Å². The lowest BCUT2D eigenvalue weighted by Gasteiger charge is -2.29. The van der Waals surface area contributed by atoms with Crippen LogP contribution in [0, 0.1) is 23.7 Å². The Balaban J connectivity index is 4.38. The number of hydrogen-bond acceptors (Lipinski definition) is 3. The fourth-order valence-electron chi connectivity index (χ4n) is 7.11. The van der Waals surface area contributed by atoms with Gasteiger partial charge in [-0.3, -0.25) is 0 Å². The number of ether oxygens (including phenoxy) is 1. The Morgan fingerprint density at radius 3 is 1.51 bits per heavy atom. The summed E-state index contributed by atoms with van der Waals surface area (Å²) in [7, 11) is -2.23. The van der Waals surface area contributed by atoms with E-state index in [1.165, 1.54) is 161 Å². The van der Waals surface area contributed by atoms with E-state index in [9.17, 15) is 0 Å². The Hall–Kier alpha value is 0.317. The fourth-order valence-corrected chi connectivity index (χ4v) is 9.03. The minimum absolute atomic E-state index is 0.120. The Kier molecular flexibility index (Phi) is 37.5. The quantitative estimate of drug-likeness (QED) is 0.0203. The summed E-state index contributed by atoms with van der Waals surface area (Å²) in [6.07, 6.45) is 41.5. The van der Waals surface area contributed by atoms with E-state index in [-0.39, 0.29) is 6.29 Å². The third-order valence-corrected chi connectivity index (χ3v) is 13.1. The van der Waals surface area contributed by atoms with Gasteiger partial charge in [0.25, 0.3) is 0 Å². The zero-order valence-corrected chi connectivity index (χ0v) is 38.7. The molecular weight excluding hydrogens is 708 g/mol. The van der Waals surface area contributed by atoms with Crippen LogP contribution < -0.4 is 0 Å². The number of halogens is 1. The van der Waals surface area contributed by atoms with Crippen molar-refractivity contribution in [1.82, 2.24) is 0 Å². The van der Waals surface area contributed by atoms with Crippen LogP contribution in [0.25, 0.3) is 0 Å². The van der Waals surface area contributed by atoms with Gasteiger partial charge in [-0.2, -0.15) is 0 Å². The fraction of sp³-hybridized carbons (Fsp3) is 0.957. The maximum atomic E-state index is 6.64. The van der Waals surface area contributed by atoms with Crippen molar-refractivity contribution in [1.29, 1.82) is 0 Å². The molecule has 0 saturated carbocycles. The molecule has 0 amide bonds. The van der Waals surface area contributed by atoms with Gasteiger partial charge < -0.3 is 13.6 Å². The van der Waals surface area contributed by atoms with Gasteiger partial charge in [0.2, 0.25) is 0 Å². The normalized spacial score (nSPS) is 14.9. The highest BCUT2D eigenvalue weighted by Crippen LogP contribution is 2.24. The maximum absolute atomic E-state index is 6.64. The summed E-state index contributed by atoms with van der Waals surface area (Å²) in [6, 6.07) is 0. The molecule has 4 atom stereocenters. The van der Waals surface area contributed by atoms with Crippen molar-refractivity contribution >= 4 is 24.5 Å². The van der Waals surface area contributed by atoms with Crippen molar-refractivity contribution in [3.8, 4) is 0 Å². The Morgan fingerprint density at radius 1 is 0.490 bits per heavy atom. The molecular formula is C46H93BrO3Si. The van der Waals surface area contributed by atoms with Crippen molar-refractivity contribution in [3.05, 3.63) is 12.2 Å². The van der Waals surface area contributed by atoms with E-state index in [0.717, 1.165) is 55.6 Å². The molecule has 0 saturated heterocycles. The van der Waals surface area contributed by atoms with Crippen LogP contribution in [-0.4, -0.2) is 33.4 Å². The maximum Gasteiger partial charge on any atom is 0.333 e. The highest BCUT2D eigenvalue weighted by Gasteiger charge is 2.29. The minimum Gasteiger partial charge on any atom is -0.394 e. The first kappa shape index (κ1) is 51.3. The van der Waals surface area contributed by atoms with Crippen molar-refractivity contribution in [2.45, 2.75) is 241 Å². The first-order valence-corrected chi connectivity index (χ1v) is 26.7. The molecule has 0 bridgehead atoms. The predicted octanol–water partition coefficient (Wildman–Crippen LogP) is 16.5. The van der Waals surface area contributed by atoms with E-state index in [2.05, 4.69) is 82.7 Å². The topological polar surface area (TPSA) is 27.7 Å². The van der Waals surface area contributed by atoms with Gasteiger partial charge in [-0.15, -0.1) is 0 Å². The number of rotatable bonds is 40.